The standard InChI is InChI=1S/C19H24FN3OS/c1-11-10-15(8-9-21-11)18(24)22-12(2)17-13(3)23-19(25-17)14-4-6-16(20)7-5-14/h4-7,11-12,15,21H,8-10H2,1-3H3,(H,22,24)/t11-,12?,15-/m0/s1. The molecule has 1 fully saturated rings. The number of benzene rings is 1. The van der Waals surface area contributed by atoms with Crippen LogP contribution < -0.4 is 10.6 Å². The summed E-state index contributed by atoms with van der Waals surface area (Å²) in [7, 11) is 0. The van der Waals surface area contributed by atoms with Crippen molar-refractivity contribution in [2.75, 3.05) is 6.54 Å². The lowest BCUT2D eigenvalue weighted by Crippen LogP contribution is -2.42. The highest BCUT2D eigenvalue weighted by Gasteiger charge is 2.26. The number of carbonyl (C=O) groups is 1. The third kappa shape index (κ3) is 4.25. The minimum Gasteiger partial charge on any atom is -0.348 e. The number of carbonyl (C=O) groups excluding carboxylic acids is 1. The molecule has 3 rings (SSSR count). The summed E-state index contributed by atoms with van der Waals surface area (Å²) >= 11 is 1.56. The highest BCUT2D eigenvalue weighted by molar-refractivity contribution is 7.15. The molecule has 1 aliphatic heterocycles. The summed E-state index contributed by atoms with van der Waals surface area (Å²) < 4.78 is 13.1. The number of hydrogen-bond acceptors (Lipinski definition) is 4. The van der Waals surface area contributed by atoms with Crippen LogP contribution in [0.5, 0.6) is 0 Å². The van der Waals surface area contributed by atoms with Crippen molar-refractivity contribution in [2.45, 2.75) is 45.7 Å². The lowest BCUT2D eigenvalue weighted by molar-refractivity contribution is -0.126. The van der Waals surface area contributed by atoms with Gasteiger partial charge in [0.15, 0.2) is 0 Å². The highest BCUT2D eigenvalue weighted by atomic mass is 32.1. The maximum absolute atomic E-state index is 13.1. The minimum atomic E-state index is -0.255. The molecule has 2 N–H and O–H groups in total. The average Bonchev–Trinajstić information content (AvgIpc) is 2.97. The van der Waals surface area contributed by atoms with E-state index in [9.17, 15) is 9.18 Å². The Balaban J connectivity index is 1.70. The molecule has 2 heterocycles. The molecule has 0 aliphatic carbocycles. The molecule has 1 amide bonds. The van der Waals surface area contributed by atoms with E-state index >= 15 is 0 Å². The number of nitrogens with zero attached hydrogens (tertiary/aromatic N) is 1. The fraction of sp³-hybridized carbons (Fsp3) is 0.474. The molecule has 4 nitrogen and oxygen atoms in total. The van der Waals surface area contributed by atoms with Gasteiger partial charge < -0.3 is 10.6 Å². The van der Waals surface area contributed by atoms with Gasteiger partial charge in [0.2, 0.25) is 5.91 Å². The molecular formula is C19H24FN3OS. The largest absolute Gasteiger partial charge is 0.348 e. The van der Waals surface area contributed by atoms with E-state index in [2.05, 4.69) is 22.5 Å². The Bertz CT molecular complexity index is 744. The summed E-state index contributed by atoms with van der Waals surface area (Å²) in [6.07, 6.45) is 1.76. The van der Waals surface area contributed by atoms with Crippen LogP contribution in [0, 0.1) is 18.7 Å². The number of amides is 1. The predicted octanol–water partition coefficient (Wildman–Crippen LogP) is 3.82. The monoisotopic (exact) mass is 361 g/mol. The molecule has 1 aliphatic rings. The van der Waals surface area contributed by atoms with Gasteiger partial charge in [-0.15, -0.1) is 11.3 Å². The summed E-state index contributed by atoms with van der Waals surface area (Å²) in [5, 5.41) is 7.37. The molecule has 0 bridgehead atoms. The second kappa shape index (κ2) is 7.62. The number of hydrogen-bond donors (Lipinski definition) is 2. The Labute approximate surface area is 151 Å². The summed E-state index contributed by atoms with van der Waals surface area (Å²) in [6.45, 7) is 6.96. The van der Waals surface area contributed by atoms with Gasteiger partial charge in [0.1, 0.15) is 10.8 Å². The number of nitrogens with one attached hydrogen (secondary N) is 2. The maximum Gasteiger partial charge on any atom is 0.223 e. The van der Waals surface area contributed by atoms with Gasteiger partial charge in [-0.3, -0.25) is 4.79 Å². The van der Waals surface area contributed by atoms with Crippen LogP contribution in [-0.2, 0) is 4.79 Å². The van der Waals surface area contributed by atoms with E-state index in [1.54, 1.807) is 23.5 Å². The second-order valence-corrected chi connectivity index (χ2v) is 7.81. The van der Waals surface area contributed by atoms with Crippen molar-refractivity contribution in [3.8, 4) is 10.6 Å². The SMILES string of the molecule is Cc1nc(-c2ccc(F)cc2)sc1C(C)NC(=O)[C@H]1CCN[C@@H](C)C1. The van der Waals surface area contributed by atoms with Crippen molar-refractivity contribution < 1.29 is 9.18 Å². The van der Waals surface area contributed by atoms with Crippen molar-refractivity contribution >= 4 is 17.2 Å². The number of piperidine rings is 1. The normalized spacial score (nSPS) is 21.8. The van der Waals surface area contributed by atoms with Crippen molar-refractivity contribution in [3.63, 3.8) is 0 Å². The smallest absolute Gasteiger partial charge is 0.223 e. The topological polar surface area (TPSA) is 54.0 Å². The number of halogens is 1. The molecule has 2 aromatic rings. The predicted molar refractivity (Wildman–Crippen MR) is 99.0 cm³/mol. The van der Waals surface area contributed by atoms with Crippen LogP contribution in [0.2, 0.25) is 0 Å². The zero-order valence-corrected chi connectivity index (χ0v) is 15.6. The van der Waals surface area contributed by atoms with Crippen LogP contribution >= 0.6 is 11.3 Å². The third-order valence-electron chi connectivity index (χ3n) is 4.67. The van der Waals surface area contributed by atoms with E-state index in [1.807, 2.05) is 13.8 Å². The zero-order valence-electron chi connectivity index (χ0n) is 14.8. The summed E-state index contributed by atoms with van der Waals surface area (Å²) in [5.41, 5.74) is 1.81. The van der Waals surface area contributed by atoms with Gasteiger partial charge in [-0.1, -0.05) is 0 Å². The van der Waals surface area contributed by atoms with E-state index in [4.69, 9.17) is 0 Å². The molecule has 3 atom stereocenters. The lowest BCUT2D eigenvalue weighted by Gasteiger charge is -2.28. The Hall–Kier alpha value is -1.79. The van der Waals surface area contributed by atoms with Gasteiger partial charge in [-0.05, 0) is 64.4 Å². The van der Waals surface area contributed by atoms with Crippen molar-refractivity contribution in [1.29, 1.82) is 0 Å². The number of aromatic nitrogens is 1. The second-order valence-electron chi connectivity index (χ2n) is 6.78. The van der Waals surface area contributed by atoms with Crippen LogP contribution in [0.25, 0.3) is 10.6 Å². The fourth-order valence-electron chi connectivity index (χ4n) is 3.29. The molecule has 1 aromatic heterocycles. The first-order valence-corrected chi connectivity index (χ1v) is 9.52. The van der Waals surface area contributed by atoms with Crippen LogP contribution in [-0.4, -0.2) is 23.5 Å². The summed E-state index contributed by atoms with van der Waals surface area (Å²) in [6, 6.07) is 6.65. The van der Waals surface area contributed by atoms with Crippen molar-refractivity contribution in [2.24, 2.45) is 5.92 Å². The minimum absolute atomic E-state index is 0.0727. The van der Waals surface area contributed by atoms with Crippen LogP contribution in [0.1, 0.15) is 43.3 Å². The van der Waals surface area contributed by atoms with Gasteiger partial charge in [0.25, 0.3) is 0 Å². The quantitative estimate of drug-likeness (QED) is 0.870. The zero-order chi connectivity index (χ0) is 18.0. The van der Waals surface area contributed by atoms with Gasteiger partial charge in [0, 0.05) is 17.5 Å². The van der Waals surface area contributed by atoms with Gasteiger partial charge in [-0.2, -0.15) is 0 Å². The Kier molecular flexibility index (Phi) is 5.49. The van der Waals surface area contributed by atoms with E-state index in [0.717, 1.165) is 40.5 Å². The third-order valence-corrected chi connectivity index (χ3v) is 6.06. The summed E-state index contributed by atoms with van der Waals surface area (Å²) in [5.74, 6) is -0.0606. The number of thiazole rings is 1. The Morgan fingerprint density at radius 2 is 2.12 bits per heavy atom. The molecule has 1 aromatic carbocycles. The Morgan fingerprint density at radius 3 is 2.80 bits per heavy atom. The molecule has 6 heteroatoms. The maximum atomic E-state index is 13.1. The van der Waals surface area contributed by atoms with E-state index in [-0.39, 0.29) is 23.7 Å². The number of aryl methyl sites for hydroxylation is 1. The molecule has 1 unspecified atom stereocenters. The summed E-state index contributed by atoms with van der Waals surface area (Å²) in [4.78, 5) is 18.2. The van der Waals surface area contributed by atoms with Crippen LogP contribution in [0.15, 0.2) is 24.3 Å². The lowest BCUT2D eigenvalue weighted by atomic mass is 9.92. The van der Waals surface area contributed by atoms with E-state index in [0.29, 0.717) is 6.04 Å². The van der Waals surface area contributed by atoms with Gasteiger partial charge in [-0.25, -0.2) is 9.37 Å². The molecule has 0 saturated carbocycles. The van der Waals surface area contributed by atoms with Gasteiger partial charge in [0.05, 0.1) is 16.6 Å². The first kappa shape index (κ1) is 18.0. The molecular weight excluding hydrogens is 337 g/mol. The van der Waals surface area contributed by atoms with E-state index in [1.165, 1.54) is 12.1 Å². The molecule has 25 heavy (non-hydrogen) atoms. The molecule has 0 spiro atoms. The molecule has 0 radical (unpaired) electrons. The average molecular weight is 361 g/mol. The molecule has 1 saturated heterocycles. The first-order valence-electron chi connectivity index (χ1n) is 8.71. The number of rotatable bonds is 4. The first-order chi connectivity index (χ1) is 11.9. The van der Waals surface area contributed by atoms with Crippen LogP contribution in [0.3, 0.4) is 0 Å². The van der Waals surface area contributed by atoms with Crippen molar-refractivity contribution in [3.05, 3.63) is 40.7 Å². The van der Waals surface area contributed by atoms with E-state index < -0.39 is 0 Å². The Morgan fingerprint density at radius 1 is 1.40 bits per heavy atom. The highest BCUT2D eigenvalue weighted by Crippen LogP contribution is 2.32. The molecule has 134 valence electrons. The van der Waals surface area contributed by atoms with Gasteiger partial charge >= 0.3 is 0 Å². The fourth-order valence-corrected chi connectivity index (χ4v) is 4.37. The van der Waals surface area contributed by atoms with Crippen molar-refractivity contribution in [1.82, 2.24) is 15.6 Å². The van der Waals surface area contributed by atoms with Crippen LogP contribution in [0.4, 0.5) is 4.39 Å².